The molecule has 0 spiro atoms. The van der Waals surface area contributed by atoms with Crippen LogP contribution in [0.3, 0.4) is 0 Å². The van der Waals surface area contributed by atoms with Crippen molar-refractivity contribution in [3.8, 4) is 23.0 Å². The van der Waals surface area contributed by atoms with Crippen LogP contribution < -0.4 is 18.9 Å². The zero-order chi connectivity index (χ0) is 24.9. The Morgan fingerprint density at radius 3 is 2.31 bits per heavy atom. The van der Waals surface area contributed by atoms with Crippen molar-refractivity contribution in [2.24, 2.45) is 0 Å². The van der Waals surface area contributed by atoms with Gasteiger partial charge in [-0.3, -0.25) is 14.9 Å². The van der Waals surface area contributed by atoms with Crippen LogP contribution in [0.15, 0.2) is 60.7 Å². The van der Waals surface area contributed by atoms with Crippen molar-refractivity contribution in [1.29, 1.82) is 0 Å². The number of amides is 1. The van der Waals surface area contributed by atoms with Crippen molar-refractivity contribution in [1.82, 2.24) is 4.90 Å². The van der Waals surface area contributed by atoms with Gasteiger partial charge in [0.1, 0.15) is 18.1 Å². The van der Waals surface area contributed by atoms with Gasteiger partial charge in [-0.05, 0) is 60.0 Å². The molecular formula is C26H26N2O7. The smallest absolute Gasteiger partial charge is 0.270 e. The Bertz CT molecular complexity index is 1230. The van der Waals surface area contributed by atoms with E-state index in [1.54, 1.807) is 56.6 Å². The molecule has 1 aliphatic rings. The van der Waals surface area contributed by atoms with Crippen LogP contribution in [0.4, 0.5) is 5.69 Å². The molecule has 1 heterocycles. The average molecular weight is 479 g/mol. The first-order chi connectivity index (χ1) is 16.9. The van der Waals surface area contributed by atoms with Gasteiger partial charge in [0.2, 0.25) is 0 Å². The summed E-state index contributed by atoms with van der Waals surface area (Å²) in [4.78, 5) is 26.0. The van der Waals surface area contributed by atoms with Crippen molar-refractivity contribution in [2.75, 3.05) is 34.5 Å². The third-order valence-electron chi connectivity index (χ3n) is 6.03. The zero-order valence-corrected chi connectivity index (χ0v) is 19.7. The third kappa shape index (κ3) is 4.98. The predicted octanol–water partition coefficient (Wildman–Crippen LogP) is 4.44. The summed E-state index contributed by atoms with van der Waals surface area (Å²) in [5.74, 6) is 2.18. The maximum absolute atomic E-state index is 13.5. The van der Waals surface area contributed by atoms with Gasteiger partial charge in [0.15, 0.2) is 11.5 Å². The lowest BCUT2D eigenvalue weighted by Crippen LogP contribution is -2.42. The summed E-state index contributed by atoms with van der Waals surface area (Å²) in [6.07, 6.45) is 0.593. The summed E-state index contributed by atoms with van der Waals surface area (Å²) in [7, 11) is 4.73. The highest BCUT2D eigenvalue weighted by Gasteiger charge is 2.33. The molecule has 1 aliphatic heterocycles. The number of nitro groups is 1. The monoisotopic (exact) mass is 478 g/mol. The number of non-ortho nitro benzene ring substituents is 1. The van der Waals surface area contributed by atoms with E-state index in [1.807, 2.05) is 12.1 Å². The number of fused-ring (bicyclic) bond motifs is 1. The van der Waals surface area contributed by atoms with Crippen LogP contribution in [0.25, 0.3) is 0 Å². The van der Waals surface area contributed by atoms with Gasteiger partial charge < -0.3 is 23.8 Å². The van der Waals surface area contributed by atoms with E-state index < -0.39 is 11.0 Å². The lowest BCUT2D eigenvalue weighted by Gasteiger charge is -2.37. The minimum absolute atomic E-state index is 0.134. The molecule has 182 valence electrons. The van der Waals surface area contributed by atoms with Crippen molar-refractivity contribution < 1.29 is 28.7 Å². The summed E-state index contributed by atoms with van der Waals surface area (Å²) < 4.78 is 22.2. The molecule has 3 aromatic rings. The summed E-state index contributed by atoms with van der Waals surface area (Å²) >= 11 is 0. The molecule has 0 N–H and O–H groups in total. The Morgan fingerprint density at radius 2 is 1.66 bits per heavy atom. The number of nitro benzene ring substituents is 1. The maximum atomic E-state index is 13.5. The van der Waals surface area contributed by atoms with Crippen molar-refractivity contribution in [2.45, 2.75) is 12.5 Å². The Balaban J connectivity index is 1.70. The summed E-state index contributed by atoms with van der Waals surface area (Å²) in [6, 6.07) is 16.3. The molecule has 3 aromatic carbocycles. The van der Waals surface area contributed by atoms with E-state index in [0.717, 1.165) is 11.1 Å². The largest absolute Gasteiger partial charge is 0.497 e. The van der Waals surface area contributed by atoms with Crippen molar-refractivity contribution in [3.05, 3.63) is 87.5 Å². The maximum Gasteiger partial charge on any atom is 0.270 e. The van der Waals surface area contributed by atoms with Gasteiger partial charge in [-0.1, -0.05) is 6.07 Å². The van der Waals surface area contributed by atoms with Crippen LogP contribution in [-0.2, 0) is 6.42 Å². The molecule has 0 unspecified atom stereocenters. The van der Waals surface area contributed by atoms with E-state index in [9.17, 15) is 14.9 Å². The standard InChI is InChI=1S/C26H26N2O7/c1-32-20-7-9-21(10-8-20)35-16-23-22-15-25(34-3)24(33-2)14-17(22)11-12-27(23)26(29)18-5-4-6-19(13-18)28(30)31/h4-10,13-15,23H,11-12,16H2,1-3H3/t23-/m1/s1. The van der Waals surface area contributed by atoms with Crippen LogP contribution in [0.5, 0.6) is 23.0 Å². The lowest BCUT2D eigenvalue weighted by molar-refractivity contribution is -0.384. The number of hydrogen-bond donors (Lipinski definition) is 0. The molecule has 0 radical (unpaired) electrons. The number of nitrogens with zero attached hydrogens (tertiary/aromatic N) is 2. The minimum Gasteiger partial charge on any atom is -0.497 e. The van der Waals surface area contributed by atoms with E-state index in [-0.39, 0.29) is 23.8 Å². The molecule has 0 saturated heterocycles. The molecule has 0 aromatic heterocycles. The molecule has 1 atom stereocenters. The Hall–Kier alpha value is -4.27. The molecule has 0 saturated carbocycles. The highest BCUT2D eigenvalue weighted by Crippen LogP contribution is 2.39. The molecule has 0 aliphatic carbocycles. The van der Waals surface area contributed by atoms with Gasteiger partial charge in [0, 0.05) is 24.2 Å². The number of carbonyl (C=O) groups is 1. The third-order valence-corrected chi connectivity index (χ3v) is 6.03. The topological polar surface area (TPSA) is 100 Å². The molecule has 1 amide bonds. The first-order valence-corrected chi connectivity index (χ1v) is 11.0. The van der Waals surface area contributed by atoms with Crippen LogP contribution >= 0.6 is 0 Å². The van der Waals surface area contributed by atoms with Crippen LogP contribution in [0.1, 0.15) is 27.5 Å². The first-order valence-electron chi connectivity index (χ1n) is 11.0. The van der Waals surface area contributed by atoms with Crippen LogP contribution in [0.2, 0.25) is 0 Å². The molecule has 35 heavy (non-hydrogen) atoms. The summed E-state index contributed by atoms with van der Waals surface area (Å²) in [6.45, 7) is 0.593. The van der Waals surface area contributed by atoms with E-state index in [1.165, 1.54) is 18.2 Å². The summed E-state index contributed by atoms with van der Waals surface area (Å²) in [5, 5.41) is 11.2. The predicted molar refractivity (Wildman–Crippen MR) is 129 cm³/mol. The number of ether oxygens (including phenoxy) is 4. The average Bonchev–Trinajstić information content (AvgIpc) is 2.90. The lowest BCUT2D eigenvalue weighted by atomic mass is 9.91. The second kappa shape index (κ2) is 10.3. The van der Waals surface area contributed by atoms with Gasteiger partial charge in [-0.25, -0.2) is 0 Å². The van der Waals surface area contributed by atoms with E-state index in [2.05, 4.69) is 0 Å². The minimum atomic E-state index is -0.510. The fourth-order valence-electron chi connectivity index (χ4n) is 4.22. The van der Waals surface area contributed by atoms with Gasteiger partial charge >= 0.3 is 0 Å². The Labute approximate surface area is 202 Å². The SMILES string of the molecule is COc1ccc(OC[C@@H]2c3cc(OC)c(OC)cc3CCN2C(=O)c2cccc([N+](=O)[O-])c2)cc1. The van der Waals surface area contributed by atoms with E-state index in [0.29, 0.717) is 36.0 Å². The number of carbonyl (C=O) groups excluding carboxylic acids is 1. The first kappa shape index (κ1) is 23.9. The fraction of sp³-hybridized carbons (Fsp3) is 0.269. The quantitative estimate of drug-likeness (QED) is 0.349. The summed E-state index contributed by atoms with van der Waals surface area (Å²) in [5.41, 5.74) is 2.01. The van der Waals surface area contributed by atoms with E-state index >= 15 is 0 Å². The van der Waals surface area contributed by atoms with Gasteiger partial charge in [-0.15, -0.1) is 0 Å². The molecule has 0 fully saturated rings. The van der Waals surface area contributed by atoms with Crippen molar-refractivity contribution >= 4 is 11.6 Å². The number of hydrogen-bond acceptors (Lipinski definition) is 7. The van der Waals surface area contributed by atoms with Crippen molar-refractivity contribution in [3.63, 3.8) is 0 Å². The highest BCUT2D eigenvalue weighted by molar-refractivity contribution is 5.95. The molecule has 4 rings (SSSR count). The van der Waals surface area contributed by atoms with Gasteiger partial charge in [-0.2, -0.15) is 0 Å². The van der Waals surface area contributed by atoms with Gasteiger partial charge in [0.05, 0.1) is 32.3 Å². The second-order valence-corrected chi connectivity index (χ2v) is 7.96. The van der Waals surface area contributed by atoms with E-state index in [4.69, 9.17) is 18.9 Å². The molecule has 0 bridgehead atoms. The molecule has 9 heteroatoms. The van der Waals surface area contributed by atoms with Gasteiger partial charge in [0.25, 0.3) is 11.6 Å². The zero-order valence-electron chi connectivity index (χ0n) is 19.7. The number of methoxy groups -OCH3 is 3. The normalized spacial score (nSPS) is 14.6. The molecule has 9 nitrogen and oxygen atoms in total. The Morgan fingerprint density at radius 1 is 0.971 bits per heavy atom. The number of benzene rings is 3. The van der Waals surface area contributed by atoms with Crippen LogP contribution in [0, 0.1) is 10.1 Å². The fourth-order valence-corrected chi connectivity index (χ4v) is 4.22. The molecular weight excluding hydrogens is 452 g/mol. The highest BCUT2D eigenvalue weighted by atomic mass is 16.6. The Kier molecular flexibility index (Phi) is 7.05. The second-order valence-electron chi connectivity index (χ2n) is 7.96. The van der Waals surface area contributed by atoms with Crippen LogP contribution in [-0.4, -0.2) is 50.2 Å². The number of rotatable bonds is 8.